The molecule has 0 spiro atoms. The summed E-state index contributed by atoms with van der Waals surface area (Å²) in [7, 11) is 0. The average molecular weight is 422 g/mol. The average Bonchev–Trinajstić information content (AvgIpc) is 2.70. The van der Waals surface area contributed by atoms with E-state index in [-0.39, 0.29) is 5.56 Å². The molecule has 0 bridgehead atoms. The van der Waals surface area contributed by atoms with Gasteiger partial charge in [-0.25, -0.2) is 4.68 Å². The molecule has 0 N–H and O–H groups in total. The van der Waals surface area contributed by atoms with E-state index in [2.05, 4.69) is 26.0 Å². The monoisotopic (exact) mass is 421 g/mol. The molecule has 0 saturated carbocycles. The Balaban J connectivity index is 1.52. The maximum Gasteiger partial charge on any atom is 0.266 e. The Morgan fingerprint density at radius 1 is 1.00 bits per heavy atom. The molecule has 0 radical (unpaired) electrons. The highest BCUT2D eigenvalue weighted by molar-refractivity contribution is 9.10. The minimum atomic E-state index is -0.151. The maximum absolute atomic E-state index is 12.1. The molecule has 6 heteroatoms. The van der Waals surface area contributed by atoms with Crippen LogP contribution in [0.1, 0.15) is 0 Å². The van der Waals surface area contributed by atoms with Crippen LogP contribution in [-0.2, 0) is 6.54 Å². The van der Waals surface area contributed by atoms with Gasteiger partial charge in [-0.2, -0.15) is 5.10 Å². The molecule has 0 saturated heterocycles. The molecule has 134 valence electrons. The van der Waals surface area contributed by atoms with E-state index in [1.54, 1.807) is 12.3 Å². The second kappa shape index (κ2) is 7.72. The number of rotatable bonds is 5. The summed E-state index contributed by atoms with van der Waals surface area (Å²) >= 11 is 3.45. The number of fused-ring (bicyclic) bond motifs is 1. The largest absolute Gasteiger partial charge is 0.491 e. The number of nitrogens with zero attached hydrogens (tertiary/aromatic N) is 3. The first-order chi connectivity index (χ1) is 13.2. The van der Waals surface area contributed by atoms with Crippen LogP contribution in [0.2, 0.25) is 0 Å². The van der Waals surface area contributed by atoms with E-state index < -0.39 is 0 Å². The van der Waals surface area contributed by atoms with E-state index in [1.807, 2.05) is 54.6 Å². The SMILES string of the molecule is O=c1ccc(-c2ccccc2)nn1CCOc1ccnc2cc(Br)ccc12. The molecular weight excluding hydrogens is 406 g/mol. The Labute approximate surface area is 164 Å². The van der Waals surface area contributed by atoms with Gasteiger partial charge in [0.25, 0.3) is 5.56 Å². The molecule has 0 atom stereocenters. The minimum Gasteiger partial charge on any atom is -0.491 e. The van der Waals surface area contributed by atoms with Crippen molar-refractivity contribution >= 4 is 26.8 Å². The molecule has 0 aliphatic heterocycles. The molecule has 2 aromatic carbocycles. The highest BCUT2D eigenvalue weighted by atomic mass is 79.9. The lowest BCUT2D eigenvalue weighted by Crippen LogP contribution is -2.25. The van der Waals surface area contributed by atoms with Gasteiger partial charge in [0.2, 0.25) is 0 Å². The van der Waals surface area contributed by atoms with Crippen molar-refractivity contribution in [1.82, 2.24) is 14.8 Å². The fraction of sp³-hybridized carbons (Fsp3) is 0.0952. The van der Waals surface area contributed by atoms with E-state index >= 15 is 0 Å². The van der Waals surface area contributed by atoms with Crippen molar-refractivity contribution in [3.05, 3.63) is 87.8 Å². The number of hydrogen-bond donors (Lipinski definition) is 0. The van der Waals surface area contributed by atoms with Gasteiger partial charge in [0, 0.05) is 27.7 Å². The standard InChI is InChI=1S/C21H16BrN3O2/c22-16-6-7-17-19(14-16)23-11-10-20(17)27-13-12-25-21(26)9-8-18(24-25)15-4-2-1-3-5-15/h1-11,14H,12-13H2. The number of halogens is 1. The van der Waals surface area contributed by atoms with Crippen LogP contribution in [0.15, 0.2) is 82.2 Å². The van der Waals surface area contributed by atoms with Gasteiger partial charge >= 0.3 is 0 Å². The summed E-state index contributed by atoms with van der Waals surface area (Å²) in [5.74, 6) is 0.736. The lowest BCUT2D eigenvalue weighted by molar-refractivity contribution is 0.291. The summed E-state index contributed by atoms with van der Waals surface area (Å²) in [5.41, 5.74) is 2.43. The van der Waals surface area contributed by atoms with Gasteiger partial charge in [-0.3, -0.25) is 9.78 Å². The van der Waals surface area contributed by atoms with E-state index in [9.17, 15) is 4.79 Å². The fourth-order valence-electron chi connectivity index (χ4n) is 2.83. The Morgan fingerprint density at radius 2 is 1.85 bits per heavy atom. The van der Waals surface area contributed by atoms with Crippen LogP contribution in [0, 0.1) is 0 Å². The lowest BCUT2D eigenvalue weighted by Gasteiger charge is -2.11. The Bertz CT molecular complexity index is 1140. The van der Waals surface area contributed by atoms with Gasteiger partial charge in [0.15, 0.2) is 0 Å². The van der Waals surface area contributed by atoms with Crippen LogP contribution in [0.25, 0.3) is 22.2 Å². The Kier molecular flexibility index (Phi) is 4.98. The van der Waals surface area contributed by atoms with Crippen molar-refractivity contribution in [2.24, 2.45) is 0 Å². The van der Waals surface area contributed by atoms with Crippen LogP contribution in [0.5, 0.6) is 5.75 Å². The molecule has 27 heavy (non-hydrogen) atoms. The number of pyridine rings is 1. The number of hydrogen-bond acceptors (Lipinski definition) is 4. The highest BCUT2D eigenvalue weighted by Crippen LogP contribution is 2.26. The summed E-state index contributed by atoms with van der Waals surface area (Å²) in [6, 6.07) is 20.7. The molecule has 0 fully saturated rings. The first kappa shape index (κ1) is 17.4. The predicted molar refractivity (Wildman–Crippen MR) is 109 cm³/mol. The molecule has 4 aromatic rings. The van der Waals surface area contributed by atoms with E-state index in [0.717, 1.165) is 32.4 Å². The number of aromatic nitrogens is 3. The normalized spacial score (nSPS) is 10.9. The molecular formula is C21H16BrN3O2. The second-order valence-corrected chi connectivity index (χ2v) is 6.88. The van der Waals surface area contributed by atoms with Gasteiger partial charge in [-0.05, 0) is 30.3 Å². The summed E-state index contributed by atoms with van der Waals surface area (Å²) in [6.07, 6.45) is 1.71. The van der Waals surface area contributed by atoms with Crippen molar-refractivity contribution in [2.45, 2.75) is 6.54 Å². The maximum atomic E-state index is 12.1. The quantitative estimate of drug-likeness (QED) is 0.481. The zero-order valence-electron chi connectivity index (χ0n) is 14.4. The highest BCUT2D eigenvalue weighted by Gasteiger charge is 2.06. The molecule has 0 unspecified atom stereocenters. The lowest BCUT2D eigenvalue weighted by atomic mass is 10.1. The van der Waals surface area contributed by atoms with Gasteiger partial charge in [-0.1, -0.05) is 46.3 Å². The summed E-state index contributed by atoms with van der Waals surface area (Å²) in [4.78, 5) is 16.5. The van der Waals surface area contributed by atoms with Crippen molar-refractivity contribution < 1.29 is 4.74 Å². The van der Waals surface area contributed by atoms with Crippen LogP contribution in [-0.4, -0.2) is 21.4 Å². The van der Waals surface area contributed by atoms with Gasteiger partial charge in [0.1, 0.15) is 12.4 Å². The van der Waals surface area contributed by atoms with Crippen LogP contribution < -0.4 is 10.3 Å². The van der Waals surface area contributed by atoms with E-state index in [0.29, 0.717) is 13.2 Å². The van der Waals surface area contributed by atoms with Gasteiger partial charge in [0.05, 0.1) is 17.8 Å². The molecule has 0 aliphatic carbocycles. The number of benzene rings is 2. The van der Waals surface area contributed by atoms with Crippen molar-refractivity contribution in [3.8, 4) is 17.0 Å². The second-order valence-electron chi connectivity index (χ2n) is 5.96. The Morgan fingerprint density at radius 3 is 2.70 bits per heavy atom. The van der Waals surface area contributed by atoms with Crippen molar-refractivity contribution in [3.63, 3.8) is 0 Å². The van der Waals surface area contributed by atoms with Crippen LogP contribution >= 0.6 is 15.9 Å². The summed E-state index contributed by atoms with van der Waals surface area (Å²) in [6.45, 7) is 0.695. The van der Waals surface area contributed by atoms with Crippen LogP contribution in [0.4, 0.5) is 0 Å². The molecule has 2 aromatic heterocycles. The first-order valence-corrected chi connectivity index (χ1v) is 9.31. The minimum absolute atomic E-state index is 0.151. The molecule has 5 nitrogen and oxygen atoms in total. The third kappa shape index (κ3) is 3.90. The molecule has 0 aliphatic rings. The topological polar surface area (TPSA) is 57.0 Å². The molecule has 2 heterocycles. The number of ether oxygens (including phenoxy) is 1. The summed E-state index contributed by atoms with van der Waals surface area (Å²) in [5, 5.41) is 5.38. The molecule has 4 rings (SSSR count). The smallest absolute Gasteiger partial charge is 0.266 e. The zero-order valence-corrected chi connectivity index (χ0v) is 16.0. The van der Waals surface area contributed by atoms with E-state index in [4.69, 9.17) is 4.74 Å². The van der Waals surface area contributed by atoms with E-state index in [1.165, 1.54) is 10.7 Å². The summed E-state index contributed by atoms with van der Waals surface area (Å²) < 4.78 is 8.31. The van der Waals surface area contributed by atoms with Crippen LogP contribution in [0.3, 0.4) is 0 Å². The third-order valence-electron chi connectivity index (χ3n) is 4.16. The van der Waals surface area contributed by atoms with Gasteiger partial charge in [-0.15, -0.1) is 0 Å². The Hall–Kier alpha value is -2.99. The predicted octanol–water partition coefficient (Wildman–Crippen LogP) is 4.30. The fourth-order valence-corrected chi connectivity index (χ4v) is 3.18. The first-order valence-electron chi connectivity index (χ1n) is 8.51. The van der Waals surface area contributed by atoms with Crippen molar-refractivity contribution in [1.29, 1.82) is 0 Å². The third-order valence-corrected chi connectivity index (χ3v) is 4.65. The van der Waals surface area contributed by atoms with Gasteiger partial charge < -0.3 is 4.74 Å². The zero-order chi connectivity index (χ0) is 18.6. The van der Waals surface area contributed by atoms with Crippen molar-refractivity contribution in [2.75, 3.05) is 6.61 Å². The molecule has 0 amide bonds.